The van der Waals surface area contributed by atoms with E-state index in [0.717, 1.165) is 5.56 Å². The summed E-state index contributed by atoms with van der Waals surface area (Å²) < 4.78 is 0. The third kappa shape index (κ3) is 2.73. The van der Waals surface area contributed by atoms with Gasteiger partial charge >= 0.3 is 0 Å². The van der Waals surface area contributed by atoms with Gasteiger partial charge in [0.05, 0.1) is 0 Å². The highest BCUT2D eigenvalue weighted by molar-refractivity contribution is 5.47. The highest BCUT2D eigenvalue weighted by Gasteiger charge is 2.09. The van der Waals surface area contributed by atoms with E-state index in [1.54, 1.807) is 25.1 Å². The number of aromatic hydroxyl groups is 4. The molecule has 0 fully saturated rings. The fourth-order valence-electron chi connectivity index (χ4n) is 1.97. The molecule has 4 nitrogen and oxygen atoms in total. The molecular formula is C15H16O4. The molecule has 0 bridgehead atoms. The minimum absolute atomic E-state index is 0.0384. The summed E-state index contributed by atoms with van der Waals surface area (Å²) in [6, 6.07) is 7.74. The third-order valence-electron chi connectivity index (χ3n) is 3.20. The highest BCUT2D eigenvalue weighted by Crippen LogP contribution is 2.31. The molecule has 0 atom stereocenters. The zero-order valence-corrected chi connectivity index (χ0v) is 10.6. The first kappa shape index (κ1) is 13.1. The van der Waals surface area contributed by atoms with E-state index in [0.29, 0.717) is 24.0 Å². The Morgan fingerprint density at radius 3 is 1.84 bits per heavy atom. The Morgan fingerprint density at radius 1 is 0.789 bits per heavy atom. The van der Waals surface area contributed by atoms with Crippen LogP contribution in [0.25, 0.3) is 0 Å². The summed E-state index contributed by atoms with van der Waals surface area (Å²) in [5.41, 5.74) is 1.64. The van der Waals surface area contributed by atoms with Crippen LogP contribution in [0.5, 0.6) is 23.0 Å². The van der Waals surface area contributed by atoms with Crippen molar-refractivity contribution in [2.75, 3.05) is 0 Å². The molecule has 0 aliphatic rings. The van der Waals surface area contributed by atoms with Crippen molar-refractivity contribution in [1.82, 2.24) is 0 Å². The zero-order valence-electron chi connectivity index (χ0n) is 10.6. The number of benzene rings is 2. The maximum absolute atomic E-state index is 9.66. The lowest BCUT2D eigenvalue weighted by molar-refractivity contribution is 0.437. The average molecular weight is 260 g/mol. The number of aryl methyl sites for hydroxylation is 1. The first-order valence-corrected chi connectivity index (χ1v) is 6.00. The van der Waals surface area contributed by atoms with Crippen LogP contribution in [0.3, 0.4) is 0 Å². The van der Waals surface area contributed by atoms with Gasteiger partial charge in [0, 0.05) is 11.1 Å². The average Bonchev–Trinajstić information content (AvgIpc) is 2.35. The van der Waals surface area contributed by atoms with Crippen LogP contribution >= 0.6 is 0 Å². The molecular weight excluding hydrogens is 244 g/mol. The van der Waals surface area contributed by atoms with Gasteiger partial charge in [-0.05, 0) is 49.6 Å². The molecule has 0 aliphatic heterocycles. The lowest BCUT2D eigenvalue weighted by Gasteiger charge is -2.09. The molecule has 2 aromatic carbocycles. The van der Waals surface area contributed by atoms with Gasteiger partial charge in [-0.2, -0.15) is 0 Å². The Morgan fingerprint density at radius 2 is 1.32 bits per heavy atom. The molecule has 100 valence electrons. The predicted molar refractivity (Wildman–Crippen MR) is 71.7 cm³/mol. The van der Waals surface area contributed by atoms with Gasteiger partial charge in [0.2, 0.25) is 0 Å². The molecule has 0 saturated carbocycles. The fourth-order valence-corrected chi connectivity index (χ4v) is 1.97. The summed E-state index contributed by atoms with van der Waals surface area (Å²) in [6.07, 6.45) is 0.910. The first-order chi connectivity index (χ1) is 8.99. The van der Waals surface area contributed by atoms with E-state index >= 15 is 0 Å². The largest absolute Gasteiger partial charge is 0.508 e. The van der Waals surface area contributed by atoms with Crippen LogP contribution in [-0.4, -0.2) is 20.4 Å². The molecule has 0 amide bonds. The van der Waals surface area contributed by atoms with Crippen LogP contribution < -0.4 is 0 Å². The smallest absolute Gasteiger partial charge is 0.122 e. The van der Waals surface area contributed by atoms with E-state index in [9.17, 15) is 20.4 Å². The molecule has 2 rings (SSSR count). The van der Waals surface area contributed by atoms with E-state index in [1.165, 1.54) is 12.1 Å². The van der Waals surface area contributed by atoms with Crippen molar-refractivity contribution in [2.45, 2.75) is 19.8 Å². The van der Waals surface area contributed by atoms with Gasteiger partial charge in [-0.15, -0.1) is 0 Å². The second-order valence-corrected chi connectivity index (χ2v) is 4.53. The van der Waals surface area contributed by atoms with Crippen molar-refractivity contribution < 1.29 is 20.4 Å². The van der Waals surface area contributed by atoms with Crippen molar-refractivity contribution in [1.29, 1.82) is 0 Å². The molecule has 0 aromatic heterocycles. The molecule has 0 radical (unpaired) electrons. The van der Waals surface area contributed by atoms with Crippen LogP contribution in [0.4, 0.5) is 0 Å². The van der Waals surface area contributed by atoms with Gasteiger partial charge in [0.25, 0.3) is 0 Å². The Balaban J connectivity index is 2.19. The summed E-state index contributed by atoms with van der Waals surface area (Å²) in [7, 11) is 0. The minimum atomic E-state index is 0.0384. The van der Waals surface area contributed by atoms with E-state index in [4.69, 9.17) is 0 Å². The topological polar surface area (TPSA) is 80.9 Å². The van der Waals surface area contributed by atoms with E-state index in [1.807, 2.05) is 0 Å². The van der Waals surface area contributed by atoms with Crippen molar-refractivity contribution in [3.63, 3.8) is 0 Å². The molecule has 0 spiro atoms. The number of phenols is 4. The van der Waals surface area contributed by atoms with E-state index in [-0.39, 0.29) is 23.0 Å². The predicted octanol–water partition coefficient (Wildman–Crippen LogP) is 2.60. The van der Waals surface area contributed by atoms with Crippen molar-refractivity contribution >= 4 is 0 Å². The minimum Gasteiger partial charge on any atom is -0.508 e. The molecule has 0 saturated heterocycles. The second kappa shape index (κ2) is 5.10. The van der Waals surface area contributed by atoms with Crippen LogP contribution in [0.2, 0.25) is 0 Å². The molecule has 2 aromatic rings. The van der Waals surface area contributed by atoms with Gasteiger partial charge < -0.3 is 20.4 Å². The molecule has 0 unspecified atom stereocenters. The summed E-state index contributed by atoms with van der Waals surface area (Å²) >= 11 is 0. The molecule has 0 aliphatic carbocycles. The van der Waals surface area contributed by atoms with Gasteiger partial charge in [-0.25, -0.2) is 0 Å². The number of hydrogen-bond donors (Lipinski definition) is 4. The number of rotatable bonds is 3. The van der Waals surface area contributed by atoms with Crippen LogP contribution in [0.15, 0.2) is 30.3 Å². The molecule has 4 N–H and O–H groups in total. The quantitative estimate of drug-likeness (QED) is 0.683. The summed E-state index contributed by atoms with van der Waals surface area (Å²) in [4.78, 5) is 0. The van der Waals surface area contributed by atoms with Gasteiger partial charge in [0.15, 0.2) is 0 Å². The van der Waals surface area contributed by atoms with Crippen LogP contribution in [0.1, 0.15) is 16.7 Å². The highest BCUT2D eigenvalue weighted by atomic mass is 16.3. The first-order valence-electron chi connectivity index (χ1n) is 6.00. The zero-order chi connectivity index (χ0) is 14.0. The SMILES string of the molecule is Cc1c(O)cc(CCc2c(O)cccc2O)cc1O. The maximum Gasteiger partial charge on any atom is 0.122 e. The van der Waals surface area contributed by atoms with Gasteiger partial charge in [-0.1, -0.05) is 6.07 Å². The van der Waals surface area contributed by atoms with Gasteiger partial charge in [0.1, 0.15) is 23.0 Å². The van der Waals surface area contributed by atoms with Crippen molar-refractivity contribution in [3.05, 3.63) is 47.0 Å². The van der Waals surface area contributed by atoms with E-state index < -0.39 is 0 Å². The molecule has 19 heavy (non-hydrogen) atoms. The maximum atomic E-state index is 9.66. The van der Waals surface area contributed by atoms with Crippen LogP contribution in [0, 0.1) is 6.92 Å². The number of phenolic OH excluding ortho intramolecular Hbond substituents is 4. The number of hydrogen-bond acceptors (Lipinski definition) is 4. The van der Waals surface area contributed by atoms with Gasteiger partial charge in [-0.3, -0.25) is 0 Å². The normalized spacial score (nSPS) is 10.6. The molecule has 0 heterocycles. The third-order valence-corrected chi connectivity index (χ3v) is 3.20. The van der Waals surface area contributed by atoms with Crippen LogP contribution in [-0.2, 0) is 12.8 Å². The Kier molecular flexibility index (Phi) is 3.51. The summed E-state index contributed by atoms with van der Waals surface area (Å²) in [6.45, 7) is 1.63. The Bertz CT molecular complexity index is 562. The van der Waals surface area contributed by atoms with Crippen molar-refractivity contribution in [3.8, 4) is 23.0 Å². The van der Waals surface area contributed by atoms with E-state index in [2.05, 4.69) is 0 Å². The monoisotopic (exact) mass is 260 g/mol. The standard InChI is InChI=1S/C15H16O4/c1-9-14(18)7-10(8-15(9)19)5-6-11-12(16)3-2-4-13(11)17/h2-4,7-8,16-19H,5-6H2,1H3. The van der Waals surface area contributed by atoms with Crippen molar-refractivity contribution in [2.24, 2.45) is 0 Å². The summed E-state index contributed by atoms with van der Waals surface area (Å²) in [5.74, 6) is 0.161. The lowest BCUT2D eigenvalue weighted by atomic mass is 10.0. The molecule has 4 heteroatoms. The Labute approximate surface area is 111 Å². The Hall–Kier alpha value is -2.36. The fraction of sp³-hybridized carbons (Fsp3) is 0.200. The lowest BCUT2D eigenvalue weighted by Crippen LogP contribution is -1.93. The summed E-state index contributed by atoms with van der Waals surface area (Å²) in [5, 5.41) is 38.6. The second-order valence-electron chi connectivity index (χ2n) is 4.53.